The average molecular weight is 416 g/mol. The Morgan fingerprint density at radius 2 is 1.90 bits per heavy atom. The molecule has 0 radical (unpaired) electrons. The number of nitrogens with zero attached hydrogens (tertiary/aromatic N) is 5. The fourth-order valence-corrected chi connectivity index (χ4v) is 4.47. The number of aromatic nitrogens is 3. The van der Waals surface area contributed by atoms with Gasteiger partial charge in [0, 0.05) is 31.9 Å². The zero-order chi connectivity index (χ0) is 21.1. The van der Waals surface area contributed by atoms with Gasteiger partial charge in [-0.15, -0.1) is 0 Å². The Morgan fingerprint density at radius 1 is 1.17 bits per heavy atom. The minimum atomic E-state index is -0.120. The van der Waals surface area contributed by atoms with Gasteiger partial charge in [-0.3, -0.25) is 14.4 Å². The van der Waals surface area contributed by atoms with Gasteiger partial charge in [-0.1, -0.05) is 31.3 Å². The summed E-state index contributed by atoms with van der Waals surface area (Å²) in [4.78, 5) is 22.3. The number of rotatable bonds is 8. The van der Waals surface area contributed by atoms with Gasteiger partial charge in [0.2, 0.25) is 0 Å². The van der Waals surface area contributed by atoms with E-state index in [0.717, 1.165) is 46.7 Å². The fraction of sp³-hybridized carbons (Fsp3) is 0.476. The first-order chi connectivity index (χ1) is 13.9. The van der Waals surface area contributed by atoms with Crippen LogP contribution in [0.3, 0.4) is 0 Å². The molecule has 0 atom stereocenters. The van der Waals surface area contributed by atoms with Crippen LogP contribution >= 0.6 is 11.3 Å². The minimum absolute atomic E-state index is 0.120. The molecule has 0 bridgehead atoms. The number of anilines is 1. The van der Waals surface area contributed by atoms with E-state index >= 15 is 0 Å². The molecule has 0 aliphatic rings. The summed E-state index contributed by atoms with van der Waals surface area (Å²) in [5, 5.41) is 5.07. The SMILES string of the molecule is CCN(CC)CCN(C(=O)c1nn(C)cc1C)c1nc2c(OC)ccc(C)c2s1. The number of amides is 1. The number of aryl methyl sites for hydroxylation is 3. The van der Waals surface area contributed by atoms with Crippen molar-refractivity contribution in [2.24, 2.45) is 7.05 Å². The normalized spacial score (nSPS) is 11.4. The van der Waals surface area contributed by atoms with E-state index in [1.54, 1.807) is 16.7 Å². The van der Waals surface area contributed by atoms with Crippen LogP contribution in [0.4, 0.5) is 5.13 Å². The molecule has 3 aromatic rings. The number of carbonyl (C=O) groups is 1. The van der Waals surface area contributed by atoms with Crippen LogP contribution in [0.5, 0.6) is 5.75 Å². The predicted molar refractivity (Wildman–Crippen MR) is 118 cm³/mol. The zero-order valence-electron chi connectivity index (χ0n) is 18.0. The Morgan fingerprint density at radius 3 is 2.48 bits per heavy atom. The van der Waals surface area contributed by atoms with E-state index in [-0.39, 0.29) is 5.91 Å². The highest BCUT2D eigenvalue weighted by molar-refractivity contribution is 7.22. The highest BCUT2D eigenvalue weighted by Gasteiger charge is 2.26. The van der Waals surface area contributed by atoms with Crippen molar-refractivity contribution in [3.8, 4) is 5.75 Å². The molecule has 0 fully saturated rings. The van der Waals surface area contributed by atoms with E-state index in [4.69, 9.17) is 9.72 Å². The van der Waals surface area contributed by atoms with Crippen LogP contribution < -0.4 is 9.64 Å². The molecule has 3 rings (SSSR count). The number of hydrogen-bond acceptors (Lipinski definition) is 6. The Hall–Kier alpha value is -2.45. The molecule has 0 N–H and O–H groups in total. The van der Waals surface area contributed by atoms with Gasteiger partial charge < -0.3 is 9.64 Å². The smallest absolute Gasteiger partial charge is 0.280 e. The van der Waals surface area contributed by atoms with Gasteiger partial charge in [-0.2, -0.15) is 5.10 Å². The fourth-order valence-electron chi connectivity index (χ4n) is 3.39. The van der Waals surface area contributed by atoms with Crippen LogP contribution in [-0.2, 0) is 7.05 Å². The first-order valence-electron chi connectivity index (χ1n) is 9.88. The van der Waals surface area contributed by atoms with E-state index in [0.29, 0.717) is 17.4 Å². The first-order valence-corrected chi connectivity index (χ1v) is 10.7. The Bertz CT molecular complexity index is 1010. The number of methoxy groups -OCH3 is 1. The van der Waals surface area contributed by atoms with Crippen LogP contribution in [0.2, 0.25) is 0 Å². The van der Waals surface area contributed by atoms with Crippen LogP contribution in [-0.4, -0.2) is 58.9 Å². The van der Waals surface area contributed by atoms with Crippen molar-refractivity contribution in [2.75, 3.05) is 38.2 Å². The molecule has 2 aromatic heterocycles. The first kappa shape index (κ1) is 21.3. The molecule has 156 valence electrons. The molecule has 0 aliphatic heterocycles. The second-order valence-electron chi connectivity index (χ2n) is 7.08. The van der Waals surface area contributed by atoms with E-state index < -0.39 is 0 Å². The molecule has 0 aliphatic carbocycles. The van der Waals surface area contributed by atoms with Crippen molar-refractivity contribution in [2.45, 2.75) is 27.7 Å². The van der Waals surface area contributed by atoms with Gasteiger partial charge in [-0.25, -0.2) is 4.98 Å². The number of hydrogen-bond donors (Lipinski definition) is 0. The molecule has 29 heavy (non-hydrogen) atoms. The number of ether oxygens (including phenoxy) is 1. The van der Waals surface area contributed by atoms with Crippen LogP contribution in [0.1, 0.15) is 35.5 Å². The van der Waals surface area contributed by atoms with E-state index in [1.165, 1.54) is 11.3 Å². The van der Waals surface area contributed by atoms with E-state index in [1.807, 2.05) is 32.3 Å². The molecule has 0 spiro atoms. The summed E-state index contributed by atoms with van der Waals surface area (Å²) in [7, 11) is 3.47. The lowest BCUT2D eigenvalue weighted by Gasteiger charge is -2.24. The third-order valence-electron chi connectivity index (χ3n) is 5.14. The maximum Gasteiger partial charge on any atom is 0.280 e. The number of carbonyl (C=O) groups excluding carboxylic acids is 1. The highest BCUT2D eigenvalue weighted by atomic mass is 32.1. The van der Waals surface area contributed by atoms with Gasteiger partial charge >= 0.3 is 0 Å². The molecule has 8 heteroatoms. The summed E-state index contributed by atoms with van der Waals surface area (Å²) >= 11 is 1.52. The van der Waals surface area contributed by atoms with Crippen molar-refractivity contribution >= 4 is 32.6 Å². The standard InChI is InChI=1S/C21H29N5O2S/c1-7-25(8-2)11-12-26(20(27)17-15(4)13-24(5)23-17)21-22-18-16(28-6)10-9-14(3)19(18)29-21/h9-10,13H,7-8,11-12H2,1-6H3. The van der Waals surface area contributed by atoms with Gasteiger partial charge in [0.05, 0.1) is 11.8 Å². The summed E-state index contributed by atoms with van der Waals surface area (Å²) in [6.07, 6.45) is 1.86. The molecule has 0 saturated carbocycles. The zero-order valence-corrected chi connectivity index (χ0v) is 18.8. The van der Waals surface area contributed by atoms with E-state index in [9.17, 15) is 4.79 Å². The molecule has 0 saturated heterocycles. The van der Waals surface area contributed by atoms with Crippen molar-refractivity contribution in [1.82, 2.24) is 19.7 Å². The van der Waals surface area contributed by atoms with Crippen LogP contribution in [0.25, 0.3) is 10.2 Å². The third-order valence-corrected chi connectivity index (χ3v) is 6.35. The van der Waals surface area contributed by atoms with Gasteiger partial charge in [0.25, 0.3) is 5.91 Å². The largest absolute Gasteiger partial charge is 0.494 e. The minimum Gasteiger partial charge on any atom is -0.494 e. The monoisotopic (exact) mass is 415 g/mol. The molecule has 7 nitrogen and oxygen atoms in total. The average Bonchev–Trinajstić information content (AvgIpc) is 3.29. The summed E-state index contributed by atoms with van der Waals surface area (Å²) in [6, 6.07) is 3.94. The van der Waals surface area contributed by atoms with Gasteiger partial charge in [0.15, 0.2) is 10.8 Å². The molecule has 1 aromatic carbocycles. The number of benzene rings is 1. The number of thiazole rings is 1. The van der Waals surface area contributed by atoms with Crippen molar-refractivity contribution in [1.29, 1.82) is 0 Å². The predicted octanol–water partition coefficient (Wildman–Crippen LogP) is 3.64. The second-order valence-corrected chi connectivity index (χ2v) is 8.05. The molecular formula is C21H29N5O2S. The Balaban J connectivity index is 2.05. The lowest BCUT2D eigenvalue weighted by Crippen LogP contribution is -2.39. The van der Waals surface area contributed by atoms with Crippen molar-refractivity contribution < 1.29 is 9.53 Å². The summed E-state index contributed by atoms with van der Waals surface area (Å²) in [6.45, 7) is 11.4. The maximum absolute atomic E-state index is 13.5. The Labute approximate surface area is 175 Å². The third kappa shape index (κ3) is 4.28. The second kappa shape index (κ2) is 8.92. The van der Waals surface area contributed by atoms with Gasteiger partial charge in [-0.05, 0) is 38.6 Å². The van der Waals surface area contributed by atoms with Crippen molar-refractivity contribution in [3.05, 3.63) is 35.2 Å². The lowest BCUT2D eigenvalue weighted by atomic mass is 10.2. The summed E-state index contributed by atoms with van der Waals surface area (Å²) in [5.41, 5.74) is 3.25. The molecule has 2 heterocycles. The van der Waals surface area contributed by atoms with Gasteiger partial charge in [0.1, 0.15) is 11.3 Å². The molecule has 0 unspecified atom stereocenters. The molecule has 1 amide bonds. The van der Waals surface area contributed by atoms with Crippen LogP contribution in [0.15, 0.2) is 18.3 Å². The van der Waals surface area contributed by atoms with Crippen LogP contribution in [0, 0.1) is 13.8 Å². The molecular weight excluding hydrogens is 386 g/mol. The highest BCUT2D eigenvalue weighted by Crippen LogP contribution is 2.36. The lowest BCUT2D eigenvalue weighted by molar-refractivity contribution is 0.0977. The topological polar surface area (TPSA) is 63.5 Å². The summed E-state index contributed by atoms with van der Waals surface area (Å²) in [5.74, 6) is 0.601. The number of fused-ring (bicyclic) bond motifs is 1. The number of likely N-dealkylation sites (N-methyl/N-ethyl adjacent to an activating group) is 1. The maximum atomic E-state index is 13.5. The quantitative estimate of drug-likeness (QED) is 0.562. The Kier molecular flexibility index (Phi) is 6.54. The van der Waals surface area contributed by atoms with E-state index in [2.05, 4.69) is 30.8 Å². The summed E-state index contributed by atoms with van der Waals surface area (Å²) < 4.78 is 8.21. The van der Waals surface area contributed by atoms with Crippen molar-refractivity contribution in [3.63, 3.8) is 0 Å².